The zero-order valence-corrected chi connectivity index (χ0v) is 39.4. The molecule has 0 aromatic carbocycles. The second-order valence-corrected chi connectivity index (χ2v) is 20.1. The molecule has 1 unspecified atom stereocenters. The van der Waals surface area contributed by atoms with E-state index < -0.39 is 26.5 Å². The summed E-state index contributed by atoms with van der Waals surface area (Å²) in [5, 5.41) is 0. The Morgan fingerprint density at radius 3 is 1.43 bits per heavy atom. The first kappa shape index (κ1) is 54.0. The van der Waals surface area contributed by atoms with Gasteiger partial charge in [-0.05, 0) is 25.7 Å². The van der Waals surface area contributed by atoms with Gasteiger partial charge in [0.2, 0.25) is 0 Å². The Kier molecular flexibility index (Phi) is 36.1. The van der Waals surface area contributed by atoms with Crippen molar-refractivity contribution in [2.45, 2.75) is 209 Å². The van der Waals surface area contributed by atoms with Gasteiger partial charge in [0.25, 0.3) is 0 Å². The lowest BCUT2D eigenvalue weighted by atomic mass is 10.0. The summed E-state index contributed by atoms with van der Waals surface area (Å²) in [6.45, 7) is 4.39. The first-order valence-corrected chi connectivity index (χ1v) is 25.2. The number of likely N-dealkylation sites (N-methyl/N-ethyl adjacent to an activating group) is 1. The lowest BCUT2D eigenvalue weighted by molar-refractivity contribution is -0.870. The predicted molar refractivity (Wildman–Crippen MR) is 232 cm³/mol. The Morgan fingerprint density at radius 1 is 0.574 bits per heavy atom. The predicted octanol–water partition coefficient (Wildman–Crippen LogP) is 12.8. The average Bonchev–Trinajstić information content (AvgIpc) is 3.11. The Bertz CT molecular complexity index is 938. The quantitative estimate of drug-likeness (QED) is 0.0213. The van der Waals surface area contributed by atoms with Crippen molar-refractivity contribution < 1.29 is 42.1 Å². The van der Waals surface area contributed by atoms with Crippen LogP contribution in [0.3, 0.4) is 0 Å². The molecule has 0 heterocycles. The van der Waals surface area contributed by atoms with E-state index in [4.69, 9.17) is 18.5 Å². The standard InChI is InChI=1S/C42H82Br2NO8P/c1-6-8-10-12-14-16-17-18-19-21-23-25-27-32-41(46)50-36-38(37-52-54(48,49)51-35-34-45(3,4)5)53-42(47)33-29-28-31-40(44)39(43)30-26-24-22-20-15-13-11-9-7-2/h38-40H,6-37H2,1-5H3/p+1/t38-,39+,40+/m1/s1. The van der Waals surface area contributed by atoms with E-state index in [1.54, 1.807) is 0 Å². The highest BCUT2D eigenvalue weighted by molar-refractivity contribution is 9.12. The van der Waals surface area contributed by atoms with Crippen LogP contribution in [-0.4, -0.2) is 84.6 Å². The van der Waals surface area contributed by atoms with Crippen LogP contribution in [-0.2, 0) is 32.7 Å². The number of esters is 2. The third-order valence-corrected chi connectivity index (χ3v) is 13.6. The molecule has 4 atom stereocenters. The van der Waals surface area contributed by atoms with Crippen LogP contribution in [0.25, 0.3) is 0 Å². The number of alkyl halides is 2. The van der Waals surface area contributed by atoms with Crippen molar-refractivity contribution in [3.05, 3.63) is 0 Å². The summed E-state index contributed by atoms with van der Waals surface area (Å²) in [6.07, 6.45) is 30.8. The van der Waals surface area contributed by atoms with Crippen molar-refractivity contribution >= 4 is 51.6 Å². The van der Waals surface area contributed by atoms with Gasteiger partial charge < -0.3 is 18.9 Å². The SMILES string of the molecule is CCCCCCCCCCCCCCCC(=O)OC[C@H](COP(=O)(O)OCC[N+](C)(C)C)OC(=O)CCCC[C@H](Br)[C@@H](Br)CCCCCCCCCCC. The van der Waals surface area contributed by atoms with Gasteiger partial charge >= 0.3 is 19.8 Å². The van der Waals surface area contributed by atoms with Crippen LogP contribution in [0.2, 0.25) is 0 Å². The molecule has 1 N–H and O–H groups in total. The number of hydrogen-bond donors (Lipinski definition) is 1. The van der Waals surface area contributed by atoms with Gasteiger partial charge in [0.05, 0.1) is 27.7 Å². The fraction of sp³-hybridized carbons (Fsp3) is 0.952. The van der Waals surface area contributed by atoms with Crippen molar-refractivity contribution in [1.82, 2.24) is 0 Å². The molecule has 0 bridgehead atoms. The van der Waals surface area contributed by atoms with Crippen LogP contribution in [0, 0.1) is 0 Å². The van der Waals surface area contributed by atoms with Crippen LogP contribution < -0.4 is 0 Å². The fourth-order valence-electron chi connectivity index (χ4n) is 6.17. The molecule has 0 spiro atoms. The largest absolute Gasteiger partial charge is 0.472 e. The summed E-state index contributed by atoms with van der Waals surface area (Å²) in [6, 6.07) is 0. The molecule has 0 amide bonds. The molecule has 0 saturated carbocycles. The lowest BCUT2D eigenvalue weighted by Gasteiger charge is -2.24. The van der Waals surface area contributed by atoms with Crippen molar-refractivity contribution in [3.63, 3.8) is 0 Å². The first-order valence-electron chi connectivity index (χ1n) is 21.8. The topological polar surface area (TPSA) is 108 Å². The van der Waals surface area contributed by atoms with Gasteiger partial charge in [-0.3, -0.25) is 18.6 Å². The molecular weight excluding hydrogens is 837 g/mol. The summed E-state index contributed by atoms with van der Waals surface area (Å²) in [4.78, 5) is 36.2. The van der Waals surface area contributed by atoms with E-state index in [0.717, 1.165) is 38.5 Å². The number of rotatable bonds is 40. The zero-order valence-electron chi connectivity index (χ0n) is 35.3. The molecule has 12 heteroatoms. The van der Waals surface area contributed by atoms with Gasteiger partial charge in [-0.25, -0.2) is 4.57 Å². The fourth-order valence-corrected chi connectivity index (χ4v) is 8.09. The number of carbonyl (C=O) groups is 2. The van der Waals surface area contributed by atoms with Crippen molar-refractivity contribution in [1.29, 1.82) is 0 Å². The maximum absolute atomic E-state index is 12.8. The first-order chi connectivity index (χ1) is 25.8. The van der Waals surface area contributed by atoms with E-state index in [0.29, 0.717) is 27.1 Å². The Labute approximate surface area is 349 Å². The van der Waals surface area contributed by atoms with Gasteiger partial charge in [-0.15, -0.1) is 0 Å². The molecule has 0 rings (SSSR count). The summed E-state index contributed by atoms with van der Waals surface area (Å²) in [5.41, 5.74) is 0. The summed E-state index contributed by atoms with van der Waals surface area (Å²) in [5.74, 6) is -0.827. The molecule has 322 valence electrons. The van der Waals surface area contributed by atoms with Crippen LogP contribution in [0.15, 0.2) is 0 Å². The highest BCUT2D eigenvalue weighted by atomic mass is 79.9. The molecule has 0 aromatic rings. The van der Waals surface area contributed by atoms with E-state index >= 15 is 0 Å². The zero-order chi connectivity index (χ0) is 40.3. The van der Waals surface area contributed by atoms with Crippen molar-refractivity contribution in [3.8, 4) is 0 Å². The van der Waals surface area contributed by atoms with Gasteiger partial charge in [-0.1, -0.05) is 187 Å². The van der Waals surface area contributed by atoms with Crippen LogP contribution in [0.4, 0.5) is 0 Å². The Hall–Kier alpha value is -0.0300. The molecule has 0 saturated heterocycles. The highest BCUT2D eigenvalue weighted by Crippen LogP contribution is 2.43. The summed E-state index contributed by atoms with van der Waals surface area (Å²) >= 11 is 7.68. The third-order valence-electron chi connectivity index (χ3n) is 9.74. The molecule has 0 aromatic heterocycles. The van der Waals surface area contributed by atoms with Crippen molar-refractivity contribution in [2.24, 2.45) is 0 Å². The number of phosphoric acid groups is 1. The van der Waals surface area contributed by atoms with Gasteiger partial charge in [0, 0.05) is 22.5 Å². The monoisotopic (exact) mass is 918 g/mol. The minimum absolute atomic E-state index is 0.0266. The maximum atomic E-state index is 12.8. The minimum atomic E-state index is -4.39. The minimum Gasteiger partial charge on any atom is -0.462 e. The van der Waals surface area contributed by atoms with Gasteiger partial charge in [0.15, 0.2) is 6.10 Å². The number of nitrogens with zero attached hydrogens (tertiary/aromatic N) is 1. The number of carbonyl (C=O) groups excluding carboxylic acids is 2. The number of phosphoric ester groups is 1. The number of unbranched alkanes of at least 4 members (excludes halogenated alkanes) is 21. The molecule has 0 aliphatic heterocycles. The molecule has 0 aliphatic rings. The van der Waals surface area contributed by atoms with Crippen LogP contribution in [0.5, 0.6) is 0 Å². The molecule has 54 heavy (non-hydrogen) atoms. The second-order valence-electron chi connectivity index (χ2n) is 16.3. The molecule has 0 radical (unpaired) electrons. The summed E-state index contributed by atoms with van der Waals surface area (Å²) < 4.78 is 34.4. The maximum Gasteiger partial charge on any atom is 0.472 e. The van der Waals surface area contributed by atoms with Gasteiger partial charge in [-0.2, -0.15) is 0 Å². The van der Waals surface area contributed by atoms with E-state index in [9.17, 15) is 19.0 Å². The van der Waals surface area contributed by atoms with E-state index in [-0.39, 0.29) is 32.0 Å². The third kappa shape index (κ3) is 37.5. The number of halogens is 2. The number of quaternary nitrogens is 1. The highest BCUT2D eigenvalue weighted by Gasteiger charge is 2.27. The summed E-state index contributed by atoms with van der Waals surface area (Å²) in [7, 11) is 1.46. The van der Waals surface area contributed by atoms with Crippen LogP contribution in [0.1, 0.15) is 194 Å². The molecule has 0 fully saturated rings. The average molecular weight is 921 g/mol. The number of hydrogen-bond acceptors (Lipinski definition) is 7. The van der Waals surface area contributed by atoms with E-state index in [1.165, 1.54) is 122 Å². The van der Waals surface area contributed by atoms with Gasteiger partial charge in [0.1, 0.15) is 19.8 Å². The Balaban J connectivity index is 4.51. The molecule has 0 aliphatic carbocycles. The Morgan fingerprint density at radius 2 is 0.963 bits per heavy atom. The van der Waals surface area contributed by atoms with E-state index in [2.05, 4.69) is 45.7 Å². The molecule has 9 nitrogen and oxygen atoms in total. The normalized spacial score (nSPS) is 14.7. The van der Waals surface area contributed by atoms with E-state index in [1.807, 2.05) is 21.1 Å². The number of ether oxygens (including phenoxy) is 2. The van der Waals surface area contributed by atoms with Crippen molar-refractivity contribution in [2.75, 3.05) is 47.5 Å². The second kappa shape index (κ2) is 36.1. The lowest BCUT2D eigenvalue weighted by Crippen LogP contribution is -2.37. The van der Waals surface area contributed by atoms with Crippen LogP contribution >= 0.6 is 39.7 Å². The molecular formula is C42H83Br2NO8P+. The smallest absolute Gasteiger partial charge is 0.462 e.